The van der Waals surface area contributed by atoms with Crippen LogP contribution in [0.3, 0.4) is 0 Å². The van der Waals surface area contributed by atoms with Crippen molar-refractivity contribution in [2.24, 2.45) is 0 Å². The predicted molar refractivity (Wildman–Crippen MR) is 553 cm³/mol. The van der Waals surface area contributed by atoms with E-state index in [9.17, 15) is 75.3 Å². The van der Waals surface area contributed by atoms with Crippen molar-refractivity contribution in [1.29, 1.82) is 54.1 Å². The number of aliphatic hydroxyl groups is 6. The topological polar surface area (TPSA) is 481 Å². The molecule has 32 heteroatoms. The van der Waals surface area contributed by atoms with Crippen LogP contribution in [0.5, 0.6) is 34.5 Å². The molecule has 0 aliphatic carbocycles. The summed E-state index contributed by atoms with van der Waals surface area (Å²) in [5.41, 5.74) is 11.3. The molecule has 772 valence electrons. The molecule has 0 saturated carbocycles. The van der Waals surface area contributed by atoms with Crippen molar-refractivity contribution >= 4 is 73.0 Å². The van der Waals surface area contributed by atoms with Crippen molar-refractivity contribution in [3.63, 3.8) is 0 Å². The van der Waals surface area contributed by atoms with Crippen molar-refractivity contribution in [3.05, 3.63) is 319 Å². The number of halogens is 10. The number of aromatic hydroxyl groups is 6. The lowest BCUT2D eigenvalue weighted by atomic mass is 10.0. The molecule has 0 heterocycles. The molecule has 6 atom stereocenters. The SMILES string of the molecule is CC(=N)CCCc1cc(O)cc([18F])c1.CC(=N)CCCc1cc([18F])cc(O)c1O.CC(=N)CCCc1ccc([76Br])cc1.CC(=N)CCCc1ccccc1[18F].CC(=N)CC[C@H](O)c1cc(O)cc([18F])c1.CC(=N)CC[C@H](O)c1cc(O)ccc1[18F].CC(=N)CC[C@H](O)c1ccc([18F])c(O)c1.CC(=N)CC[C@H](O)c1ccc([18F])cc1.CC(=N)CC[C@H](O)c1cccc([18F])c1.CC(=N)CC[C@H](O)c1ccccc1[18F]. The van der Waals surface area contributed by atoms with Gasteiger partial charge in [0, 0.05) is 96.5 Å². The van der Waals surface area contributed by atoms with Gasteiger partial charge in [0.15, 0.2) is 23.1 Å². The summed E-state index contributed by atoms with van der Waals surface area (Å²) in [4.78, 5) is 0. The van der Waals surface area contributed by atoms with Gasteiger partial charge in [-0.05, 0) is 371 Å². The molecule has 142 heavy (non-hydrogen) atoms. The third-order valence-electron chi connectivity index (χ3n) is 20.5. The second-order valence-corrected chi connectivity index (χ2v) is 35.2. The maximum absolute atomic E-state index is 13.2. The van der Waals surface area contributed by atoms with Crippen LogP contribution in [-0.2, 0) is 25.7 Å². The third-order valence-corrected chi connectivity index (χ3v) is 21.0. The van der Waals surface area contributed by atoms with Crippen LogP contribution in [0.25, 0.3) is 0 Å². The Morgan fingerprint density at radius 1 is 0.246 bits per heavy atom. The summed E-state index contributed by atoms with van der Waals surface area (Å²) in [6, 6.07) is 50.0. The summed E-state index contributed by atoms with van der Waals surface area (Å²) in [5, 5.41) is 185. The van der Waals surface area contributed by atoms with E-state index in [0.29, 0.717) is 181 Å². The second-order valence-electron chi connectivity index (χ2n) is 34.3. The van der Waals surface area contributed by atoms with E-state index in [2.05, 4.69) is 40.2 Å². The van der Waals surface area contributed by atoms with Gasteiger partial charge in [-0.3, -0.25) is 0 Å². The van der Waals surface area contributed by atoms with Gasteiger partial charge in [0.2, 0.25) is 0 Å². The van der Waals surface area contributed by atoms with Gasteiger partial charge in [0.1, 0.15) is 63.8 Å². The molecular weight excluding hydrogens is 1890 g/mol. The minimum absolute atomic E-state index is 0.0356. The zero-order valence-corrected chi connectivity index (χ0v) is 83.8. The Hall–Kier alpha value is -12.7. The number of aliphatic hydroxyl groups excluding tert-OH is 6. The first kappa shape index (κ1) is 127. The molecule has 0 spiro atoms. The summed E-state index contributed by atoms with van der Waals surface area (Å²) >= 11 is 3.40. The monoisotopic (exact) mass is 2030 g/mol. The molecule has 0 aliphatic heterocycles. The average Bonchev–Trinajstić information content (AvgIpc) is 0.852. The predicted octanol–water partition coefficient (Wildman–Crippen LogP) is 27.7. The molecule has 0 bridgehead atoms. The smallest absolute Gasteiger partial charge is 0.164 e. The Labute approximate surface area is 836 Å². The molecule has 0 fully saturated rings. The molecule has 0 amide bonds. The number of phenolic OH excluding ortho intramolecular Hbond substituents is 6. The fraction of sp³-hybridized carbons (Fsp3) is 0.364. The van der Waals surface area contributed by atoms with Crippen molar-refractivity contribution in [3.8, 4) is 34.5 Å². The van der Waals surface area contributed by atoms with Gasteiger partial charge in [0.05, 0.1) is 36.6 Å². The lowest BCUT2D eigenvalue weighted by molar-refractivity contribution is 0.164. The van der Waals surface area contributed by atoms with Crippen LogP contribution in [-0.4, -0.2) is 118 Å². The lowest BCUT2D eigenvalue weighted by Gasteiger charge is -2.11. The number of hydrogen-bond acceptors (Lipinski definition) is 22. The summed E-state index contributed by atoms with van der Waals surface area (Å²) < 4.78 is 117. The standard InChI is InChI=1S/C11H14BrN.4C11H14FNO2.4C11H14FNO.C11H14FN/c1-9(13)3-2-4-10-5-7-11(12)8-6-10;1-7(13)2-5-11(15)9-6-8(14)3-4-10(9)12;1-7(13)2-5-10(14)8-3-4-9(12)11(15)6-8;1-7(13)2-3-11(15)8-4-9(12)6-10(14)5-8;1-7(13)3-2-4-8-5-9(12)6-10(14)11(8)15;1-8(13)2-7-11(14)9-3-5-10(12)6-4-9;1-8(13)3-2-4-9-5-10(12)7-11(14)6-9;1-8(13)5-6-11(14)9-3-2-4-10(12)7-9;1-8(13)6-7-11(14)9-4-2-3-5-10(9)12;1-9(13)5-4-7-10-6-2-3-8-11(10)12/h5-8,13H,2-4H2,1H3;3-4,6,11,13-15H,2,5H2,1H3;3-4,6,10,13-15H,2,5H2,1H3;4-6,11,13-15H,2-3H2,1H3;5-6,13-15H,2-4H2,1H3;3-6,11,13-14H,2,7H2,1H3;5-7,13-14H,2-4H2,1H3;2-4,7,11,13-14H,5-6H2,1H3;2-5,11,13-14H,6-7H2,1H3;2-3,6,8,13H,4-5,7H2,1H3/t;11-;10-;11-;;11-;;2*11-;/m.000.0.00./s1/i12-4;9*12-1. The number of rotatable bonds is 40. The molecule has 0 unspecified atom stereocenters. The van der Waals surface area contributed by atoms with Crippen molar-refractivity contribution in [2.45, 2.75) is 260 Å². The quantitative estimate of drug-likeness (QED) is 0.00968. The number of aryl methyl sites for hydroxylation is 4. The van der Waals surface area contributed by atoms with Crippen LogP contribution in [0.2, 0.25) is 0 Å². The number of hydrogen-bond donors (Lipinski definition) is 22. The molecular formula is C110H140BrF9N10O12. The molecule has 0 aliphatic rings. The first-order valence-corrected chi connectivity index (χ1v) is 46.9. The van der Waals surface area contributed by atoms with E-state index in [1.165, 1.54) is 90.5 Å². The summed E-state index contributed by atoms with van der Waals surface area (Å²) in [5.74, 6) is -5.41. The van der Waals surface area contributed by atoms with Gasteiger partial charge in [-0.2, -0.15) is 0 Å². The van der Waals surface area contributed by atoms with E-state index in [1.54, 1.807) is 123 Å². The fourth-order valence-corrected chi connectivity index (χ4v) is 13.0. The zero-order chi connectivity index (χ0) is 107. The van der Waals surface area contributed by atoms with Gasteiger partial charge in [-0.15, -0.1) is 0 Å². The molecule has 10 rings (SSSR count). The van der Waals surface area contributed by atoms with Crippen LogP contribution >= 0.6 is 15.9 Å². The lowest BCUT2D eigenvalue weighted by Crippen LogP contribution is -2.02. The summed E-state index contributed by atoms with van der Waals surface area (Å²) in [7, 11) is 0. The van der Waals surface area contributed by atoms with E-state index in [4.69, 9.17) is 79.6 Å². The average molecular weight is 2030 g/mol. The zero-order valence-electron chi connectivity index (χ0n) is 82.2. The molecule has 0 saturated heterocycles. The molecule has 10 aromatic carbocycles. The highest BCUT2D eigenvalue weighted by atomic mass is 75.9. The van der Waals surface area contributed by atoms with Crippen LogP contribution < -0.4 is 0 Å². The van der Waals surface area contributed by atoms with Crippen LogP contribution in [0.15, 0.2) is 211 Å². The highest BCUT2D eigenvalue weighted by molar-refractivity contribution is 9.10. The van der Waals surface area contributed by atoms with E-state index in [0.717, 1.165) is 103 Å². The molecule has 22 nitrogen and oxygen atoms in total. The molecule has 0 aromatic heterocycles. The van der Waals surface area contributed by atoms with Gasteiger partial charge in [-0.25, -0.2) is 39.5 Å². The normalized spacial score (nSPS) is 11.6. The van der Waals surface area contributed by atoms with Gasteiger partial charge in [-0.1, -0.05) is 94.8 Å². The van der Waals surface area contributed by atoms with E-state index in [1.807, 2.05) is 13.0 Å². The second kappa shape index (κ2) is 70.9. The van der Waals surface area contributed by atoms with Crippen LogP contribution in [0.1, 0.15) is 290 Å². The number of benzene rings is 10. The Morgan fingerprint density at radius 3 is 1.06 bits per heavy atom. The van der Waals surface area contributed by atoms with Gasteiger partial charge in [0.25, 0.3) is 0 Å². The van der Waals surface area contributed by atoms with E-state index >= 15 is 0 Å². The molecule has 0 radical (unpaired) electrons. The van der Waals surface area contributed by atoms with Crippen molar-refractivity contribution in [2.75, 3.05) is 0 Å². The molecule has 10 aromatic rings. The van der Waals surface area contributed by atoms with E-state index < -0.39 is 77.2 Å². The maximum Gasteiger partial charge on any atom is 0.164 e. The largest absolute Gasteiger partial charge is 0.508 e. The van der Waals surface area contributed by atoms with Crippen molar-refractivity contribution in [1.82, 2.24) is 0 Å². The van der Waals surface area contributed by atoms with Crippen LogP contribution in [0, 0.1) is 106 Å². The maximum atomic E-state index is 13.2. The highest BCUT2D eigenvalue weighted by Gasteiger charge is 2.18. The molecule has 22 N–H and O–H groups in total. The minimum atomic E-state index is -0.975. The minimum Gasteiger partial charge on any atom is -0.508 e. The fourth-order valence-electron chi connectivity index (χ4n) is 12.7. The Bertz CT molecular complexity index is 5550. The van der Waals surface area contributed by atoms with Gasteiger partial charge < -0.3 is 115 Å². The third kappa shape index (κ3) is 60.4. The Balaban J connectivity index is 0.000000789. The highest BCUT2D eigenvalue weighted by Crippen LogP contribution is 2.33. The Kier molecular flexibility index (Phi) is 63.5. The summed E-state index contributed by atoms with van der Waals surface area (Å²) in [6.45, 7) is 17.1. The summed E-state index contributed by atoms with van der Waals surface area (Å²) in [6.07, 6.45) is 10.1. The first-order chi connectivity index (χ1) is 66.7. The van der Waals surface area contributed by atoms with Crippen LogP contribution in [0.4, 0.5) is 39.5 Å². The Morgan fingerprint density at radius 2 is 0.613 bits per heavy atom. The first-order valence-electron chi connectivity index (χ1n) is 46.1. The van der Waals surface area contributed by atoms with Crippen molar-refractivity contribution < 1.29 is 101 Å². The number of nitrogens with one attached hydrogen (secondary N) is 10. The van der Waals surface area contributed by atoms with Gasteiger partial charge >= 0.3 is 0 Å². The van der Waals surface area contributed by atoms with E-state index in [-0.39, 0.29) is 58.3 Å². The number of phenols is 6.